The SMILES string of the molecule is C#CCC1(S(=O)(=O)C(F)(F)F)C=CC(N)=CC1. The maximum atomic E-state index is 12.5. The molecule has 0 aromatic carbocycles. The third kappa shape index (κ3) is 2.17. The van der Waals surface area contributed by atoms with E-state index < -0.39 is 26.5 Å². The molecule has 94 valence electrons. The Morgan fingerprint density at radius 1 is 1.53 bits per heavy atom. The van der Waals surface area contributed by atoms with Crippen molar-refractivity contribution in [2.45, 2.75) is 23.1 Å². The summed E-state index contributed by atoms with van der Waals surface area (Å²) in [7, 11) is -5.38. The monoisotopic (exact) mass is 265 g/mol. The van der Waals surface area contributed by atoms with Gasteiger partial charge in [0.25, 0.3) is 9.84 Å². The minimum atomic E-state index is -5.38. The second kappa shape index (κ2) is 4.11. The van der Waals surface area contributed by atoms with Crippen LogP contribution in [0, 0.1) is 12.3 Å². The number of terminal acetylenes is 1. The smallest absolute Gasteiger partial charge is 0.399 e. The Labute approximate surface area is 97.1 Å². The predicted molar refractivity (Wildman–Crippen MR) is 57.2 cm³/mol. The summed E-state index contributed by atoms with van der Waals surface area (Å²) in [4.78, 5) is 0. The lowest BCUT2D eigenvalue weighted by atomic mass is 9.95. The number of nitrogens with two attached hydrogens (primary N) is 1. The van der Waals surface area contributed by atoms with E-state index in [4.69, 9.17) is 12.2 Å². The van der Waals surface area contributed by atoms with Crippen molar-refractivity contribution in [1.29, 1.82) is 0 Å². The Morgan fingerprint density at radius 3 is 2.47 bits per heavy atom. The Bertz CT molecular complexity index is 511. The van der Waals surface area contributed by atoms with E-state index in [1.54, 1.807) is 0 Å². The Morgan fingerprint density at radius 2 is 2.12 bits per heavy atom. The Balaban J connectivity index is 3.32. The van der Waals surface area contributed by atoms with Gasteiger partial charge in [0.2, 0.25) is 0 Å². The first-order valence-electron chi connectivity index (χ1n) is 4.55. The fraction of sp³-hybridized carbons (Fsp3) is 0.400. The molecule has 0 saturated carbocycles. The average molecular weight is 265 g/mol. The molecule has 1 aliphatic rings. The standard InChI is InChI=1S/C10H10F3NO2S/c1-2-5-9(6-3-8(14)4-7-9)17(15,16)10(11,12)13/h1,3-4,6H,5,7,14H2. The molecule has 0 bridgehead atoms. The highest BCUT2D eigenvalue weighted by Crippen LogP contribution is 2.40. The van der Waals surface area contributed by atoms with E-state index in [9.17, 15) is 21.6 Å². The van der Waals surface area contributed by atoms with Crippen molar-refractivity contribution < 1.29 is 21.6 Å². The molecule has 2 N–H and O–H groups in total. The molecule has 1 unspecified atom stereocenters. The molecule has 17 heavy (non-hydrogen) atoms. The summed E-state index contributed by atoms with van der Waals surface area (Å²) in [6.07, 6.45) is 7.30. The molecule has 1 atom stereocenters. The fourth-order valence-electron chi connectivity index (χ4n) is 1.50. The van der Waals surface area contributed by atoms with Gasteiger partial charge in [0.1, 0.15) is 4.75 Å². The zero-order chi connectivity index (χ0) is 13.3. The van der Waals surface area contributed by atoms with Crippen LogP contribution in [0.3, 0.4) is 0 Å². The third-order valence-corrected chi connectivity index (χ3v) is 4.63. The van der Waals surface area contributed by atoms with Crippen LogP contribution in [-0.2, 0) is 9.84 Å². The van der Waals surface area contributed by atoms with Gasteiger partial charge in [-0.2, -0.15) is 13.2 Å². The van der Waals surface area contributed by atoms with Gasteiger partial charge in [-0.3, -0.25) is 0 Å². The summed E-state index contributed by atoms with van der Waals surface area (Å²) in [5.74, 6) is 1.97. The van der Waals surface area contributed by atoms with E-state index in [0.29, 0.717) is 0 Å². The van der Waals surface area contributed by atoms with Gasteiger partial charge in [0.05, 0.1) is 0 Å². The van der Waals surface area contributed by atoms with Crippen molar-refractivity contribution in [2.75, 3.05) is 0 Å². The summed E-state index contributed by atoms with van der Waals surface area (Å²) in [6, 6.07) is 0. The number of halogens is 3. The quantitative estimate of drug-likeness (QED) is 0.769. The van der Waals surface area contributed by atoms with Gasteiger partial charge >= 0.3 is 5.51 Å². The first-order valence-corrected chi connectivity index (χ1v) is 6.04. The predicted octanol–water partition coefficient (Wildman–Crippen LogP) is 1.49. The van der Waals surface area contributed by atoms with E-state index in [1.807, 2.05) is 5.92 Å². The zero-order valence-electron chi connectivity index (χ0n) is 8.66. The molecular weight excluding hydrogens is 255 g/mol. The molecule has 0 aromatic heterocycles. The van der Waals surface area contributed by atoms with Crippen LogP contribution in [0.4, 0.5) is 13.2 Å². The molecule has 0 fully saturated rings. The minimum Gasteiger partial charge on any atom is -0.399 e. The summed E-state index contributed by atoms with van der Waals surface area (Å²) < 4.78 is 58.5. The number of hydrogen-bond acceptors (Lipinski definition) is 3. The molecule has 3 nitrogen and oxygen atoms in total. The maximum absolute atomic E-state index is 12.5. The molecule has 7 heteroatoms. The topological polar surface area (TPSA) is 60.2 Å². The normalized spacial score (nSPS) is 25.2. The third-order valence-electron chi connectivity index (χ3n) is 2.50. The van der Waals surface area contributed by atoms with Crippen LogP contribution in [0.5, 0.6) is 0 Å². The maximum Gasteiger partial charge on any atom is 0.498 e. The van der Waals surface area contributed by atoms with Gasteiger partial charge in [-0.1, -0.05) is 12.2 Å². The lowest BCUT2D eigenvalue weighted by Crippen LogP contribution is -2.45. The van der Waals surface area contributed by atoms with Gasteiger partial charge in [0, 0.05) is 12.1 Å². The number of rotatable bonds is 2. The van der Waals surface area contributed by atoms with Crippen molar-refractivity contribution in [3.8, 4) is 12.3 Å². The van der Waals surface area contributed by atoms with Gasteiger partial charge in [-0.25, -0.2) is 8.42 Å². The Kier molecular flexibility index (Phi) is 3.30. The molecule has 1 rings (SSSR count). The van der Waals surface area contributed by atoms with E-state index in [1.165, 1.54) is 6.08 Å². The van der Waals surface area contributed by atoms with Crippen LogP contribution in [0.15, 0.2) is 23.9 Å². The second-order valence-corrected chi connectivity index (χ2v) is 5.92. The lowest BCUT2D eigenvalue weighted by molar-refractivity contribution is -0.0453. The largest absolute Gasteiger partial charge is 0.498 e. The van der Waals surface area contributed by atoms with Crippen molar-refractivity contribution >= 4 is 9.84 Å². The summed E-state index contributed by atoms with van der Waals surface area (Å²) in [5, 5.41) is 0. The zero-order valence-corrected chi connectivity index (χ0v) is 9.48. The molecule has 0 heterocycles. The van der Waals surface area contributed by atoms with Crippen LogP contribution >= 0.6 is 0 Å². The highest BCUT2D eigenvalue weighted by molar-refractivity contribution is 7.93. The molecule has 0 spiro atoms. The van der Waals surface area contributed by atoms with Crippen LogP contribution in [0.25, 0.3) is 0 Å². The molecule has 0 aliphatic heterocycles. The van der Waals surface area contributed by atoms with Crippen LogP contribution < -0.4 is 5.73 Å². The van der Waals surface area contributed by atoms with Gasteiger partial charge < -0.3 is 5.73 Å². The second-order valence-electron chi connectivity index (χ2n) is 3.64. The molecule has 0 amide bonds. The molecule has 0 radical (unpaired) electrons. The highest BCUT2D eigenvalue weighted by Gasteiger charge is 2.58. The molecule has 0 aromatic rings. The number of alkyl halides is 3. The van der Waals surface area contributed by atoms with E-state index in [-0.39, 0.29) is 12.1 Å². The number of allylic oxidation sites excluding steroid dienone is 2. The number of sulfone groups is 1. The highest BCUT2D eigenvalue weighted by atomic mass is 32.2. The summed E-state index contributed by atoms with van der Waals surface area (Å²) in [6.45, 7) is 0. The summed E-state index contributed by atoms with van der Waals surface area (Å²) in [5.41, 5.74) is 0.229. The van der Waals surface area contributed by atoms with Crippen molar-refractivity contribution in [3.63, 3.8) is 0 Å². The van der Waals surface area contributed by atoms with Crippen LogP contribution in [0.2, 0.25) is 0 Å². The van der Waals surface area contributed by atoms with Gasteiger partial charge in [-0.05, 0) is 12.5 Å². The van der Waals surface area contributed by atoms with Gasteiger partial charge in [0.15, 0.2) is 0 Å². The Hall–Kier alpha value is -1.42. The lowest BCUT2D eigenvalue weighted by Gasteiger charge is -2.30. The summed E-state index contributed by atoms with van der Waals surface area (Å²) >= 11 is 0. The van der Waals surface area contributed by atoms with Crippen LogP contribution in [0.1, 0.15) is 12.8 Å². The first kappa shape index (κ1) is 13.6. The minimum absolute atomic E-state index is 0.218. The van der Waals surface area contributed by atoms with Crippen molar-refractivity contribution in [3.05, 3.63) is 23.9 Å². The molecule has 0 saturated heterocycles. The van der Waals surface area contributed by atoms with E-state index in [2.05, 4.69) is 0 Å². The van der Waals surface area contributed by atoms with E-state index in [0.717, 1.165) is 12.2 Å². The molecule has 1 aliphatic carbocycles. The van der Waals surface area contributed by atoms with Crippen molar-refractivity contribution in [2.24, 2.45) is 5.73 Å². The van der Waals surface area contributed by atoms with Crippen molar-refractivity contribution in [1.82, 2.24) is 0 Å². The first-order chi connectivity index (χ1) is 7.66. The van der Waals surface area contributed by atoms with Gasteiger partial charge in [-0.15, -0.1) is 12.3 Å². The molecular formula is C10H10F3NO2S. The average Bonchev–Trinajstić information content (AvgIpc) is 2.20. The fourth-order valence-corrected chi connectivity index (χ4v) is 2.79. The van der Waals surface area contributed by atoms with E-state index >= 15 is 0 Å². The van der Waals surface area contributed by atoms with Crippen LogP contribution in [-0.4, -0.2) is 18.7 Å². The number of hydrogen-bond donors (Lipinski definition) is 1.